The van der Waals surface area contributed by atoms with Crippen molar-refractivity contribution in [2.24, 2.45) is 4.99 Å². The van der Waals surface area contributed by atoms with E-state index in [1.807, 2.05) is 39.0 Å². The lowest BCUT2D eigenvalue weighted by atomic mass is 10.2. The Labute approximate surface area is 183 Å². The standard InChI is InChI=1S/C20H25N3O5S2/c1-20(2,3)28-19(25)21-8-5-9-27-12-6-7-13-15(10-12)30-17(22-13)16-23-14(11-29-16)18(24)26-4/h6-7,10,14H,5,8-9,11H2,1-4H3,(H,21,25)/t14-/m1/s1. The number of aliphatic imine (C=N–C) groups is 1. The third-order valence-corrected chi connectivity index (χ3v) is 6.13. The zero-order chi connectivity index (χ0) is 21.7. The maximum Gasteiger partial charge on any atom is 0.407 e. The van der Waals surface area contributed by atoms with E-state index >= 15 is 0 Å². The van der Waals surface area contributed by atoms with Crippen LogP contribution in [0.15, 0.2) is 23.2 Å². The van der Waals surface area contributed by atoms with Crippen LogP contribution in [0.5, 0.6) is 5.75 Å². The lowest BCUT2D eigenvalue weighted by Gasteiger charge is -2.19. The number of aromatic nitrogens is 1. The van der Waals surface area contributed by atoms with Gasteiger partial charge in [-0.05, 0) is 45.4 Å². The molecule has 1 aromatic heterocycles. The maximum absolute atomic E-state index is 11.6. The van der Waals surface area contributed by atoms with Crippen LogP contribution in [0.4, 0.5) is 4.79 Å². The summed E-state index contributed by atoms with van der Waals surface area (Å²) in [5.74, 6) is 0.989. The number of methoxy groups -OCH3 is 1. The van der Waals surface area contributed by atoms with Crippen LogP contribution in [0.1, 0.15) is 32.2 Å². The van der Waals surface area contributed by atoms with Crippen LogP contribution in [-0.2, 0) is 14.3 Å². The summed E-state index contributed by atoms with van der Waals surface area (Å²) in [4.78, 5) is 32.3. The topological polar surface area (TPSA) is 99.1 Å². The number of hydrogen-bond acceptors (Lipinski definition) is 9. The van der Waals surface area contributed by atoms with Crippen molar-refractivity contribution >= 4 is 50.4 Å². The second-order valence-corrected chi connectivity index (χ2v) is 9.60. The highest BCUT2D eigenvalue weighted by molar-refractivity contribution is 8.15. The number of carbonyl (C=O) groups is 2. The number of carbonyl (C=O) groups excluding carboxylic acids is 2. The van der Waals surface area contributed by atoms with Crippen LogP contribution in [-0.4, -0.2) is 59.7 Å². The predicted molar refractivity (Wildman–Crippen MR) is 119 cm³/mol. The van der Waals surface area contributed by atoms with Gasteiger partial charge in [-0.3, -0.25) is 4.99 Å². The SMILES string of the molecule is COC(=O)[C@H]1CSC(c2nc3ccc(OCCCNC(=O)OC(C)(C)C)cc3s2)=N1. The molecule has 2 aromatic rings. The van der Waals surface area contributed by atoms with Gasteiger partial charge in [0.25, 0.3) is 0 Å². The quantitative estimate of drug-likeness (QED) is 0.507. The Morgan fingerprint density at radius 1 is 1.30 bits per heavy atom. The number of amides is 1. The second-order valence-electron chi connectivity index (χ2n) is 7.56. The summed E-state index contributed by atoms with van der Waals surface area (Å²) in [6.45, 7) is 6.42. The second kappa shape index (κ2) is 9.65. The smallest absolute Gasteiger partial charge is 0.407 e. The Morgan fingerprint density at radius 2 is 2.10 bits per heavy atom. The molecule has 1 aliphatic rings. The molecule has 0 fully saturated rings. The number of benzene rings is 1. The Kier molecular flexibility index (Phi) is 7.19. The van der Waals surface area contributed by atoms with E-state index in [1.54, 1.807) is 0 Å². The van der Waals surface area contributed by atoms with E-state index in [0.717, 1.165) is 26.0 Å². The van der Waals surface area contributed by atoms with Crippen molar-refractivity contribution in [2.75, 3.05) is 26.0 Å². The fourth-order valence-corrected chi connectivity index (χ4v) is 4.69. The lowest BCUT2D eigenvalue weighted by Crippen LogP contribution is -2.33. The molecule has 0 saturated heterocycles. The molecule has 0 unspecified atom stereocenters. The molecule has 1 aliphatic heterocycles. The maximum atomic E-state index is 11.6. The summed E-state index contributed by atoms with van der Waals surface area (Å²) in [7, 11) is 1.37. The van der Waals surface area contributed by atoms with E-state index in [4.69, 9.17) is 14.2 Å². The van der Waals surface area contributed by atoms with Crippen LogP contribution in [0.25, 0.3) is 10.2 Å². The van der Waals surface area contributed by atoms with Crippen LogP contribution < -0.4 is 10.1 Å². The largest absolute Gasteiger partial charge is 0.493 e. The highest BCUT2D eigenvalue weighted by Gasteiger charge is 2.28. The number of thioether (sulfide) groups is 1. The van der Waals surface area contributed by atoms with Crippen LogP contribution in [0, 0.1) is 0 Å². The number of esters is 1. The molecule has 0 bridgehead atoms. The summed E-state index contributed by atoms with van der Waals surface area (Å²) in [6, 6.07) is 5.25. The molecule has 10 heteroatoms. The first-order chi connectivity index (χ1) is 14.2. The Hall–Kier alpha value is -2.33. The number of rotatable bonds is 7. The molecule has 1 amide bonds. The van der Waals surface area contributed by atoms with Gasteiger partial charge >= 0.3 is 12.1 Å². The number of fused-ring (bicyclic) bond motifs is 1. The number of alkyl carbamates (subject to hydrolysis) is 1. The molecule has 0 spiro atoms. The van der Waals surface area contributed by atoms with Gasteiger partial charge in [0.2, 0.25) is 0 Å². The fourth-order valence-electron chi connectivity index (χ4n) is 2.60. The van der Waals surface area contributed by atoms with Crippen LogP contribution in [0.3, 0.4) is 0 Å². The number of hydrogen-bond donors (Lipinski definition) is 1. The predicted octanol–water partition coefficient (Wildman–Crippen LogP) is 3.62. The molecule has 2 heterocycles. The minimum atomic E-state index is -0.508. The normalized spacial score (nSPS) is 16.3. The number of ether oxygens (including phenoxy) is 3. The Bertz CT molecular complexity index is 952. The first-order valence-corrected chi connectivity index (χ1v) is 11.3. The van der Waals surface area contributed by atoms with Gasteiger partial charge in [0, 0.05) is 12.3 Å². The summed E-state index contributed by atoms with van der Waals surface area (Å²) >= 11 is 3.03. The van der Waals surface area contributed by atoms with Crippen molar-refractivity contribution < 1.29 is 23.8 Å². The molecule has 1 N–H and O–H groups in total. The molecule has 30 heavy (non-hydrogen) atoms. The van der Waals surface area contributed by atoms with Crippen molar-refractivity contribution in [3.8, 4) is 5.75 Å². The molecule has 0 radical (unpaired) electrons. The van der Waals surface area contributed by atoms with Crippen LogP contribution >= 0.6 is 23.1 Å². The minimum Gasteiger partial charge on any atom is -0.493 e. The highest BCUT2D eigenvalue weighted by Crippen LogP contribution is 2.31. The van der Waals surface area contributed by atoms with Gasteiger partial charge < -0.3 is 19.5 Å². The van der Waals surface area contributed by atoms with E-state index in [0.29, 0.717) is 25.3 Å². The minimum absolute atomic E-state index is 0.324. The van der Waals surface area contributed by atoms with Crippen molar-refractivity contribution in [1.82, 2.24) is 10.3 Å². The molecule has 0 saturated carbocycles. The highest BCUT2D eigenvalue weighted by atomic mass is 32.2. The monoisotopic (exact) mass is 451 g/mol. The third kappa shape index (κ3) is 6.09. The van der Waals surface area contributed by atoms with E-state index in [2.05, 4.69) is 15.3 Å². The van der Waals surface area contributed by atoms with Gasteiger partial charge in [-0.15, -0.1) is 23.1 Å². The van der Waals surface area contributed by atoms with Crippen molar-refractivity contribution in [2.45, 2.75) is 38.8 Å². The van der Waals surface area contributed by atoms with Gasteiger partial charge in [-0.25, -0.2) is 14.6 Å². The molecule has 1 atom stereocenters. The summed E-state index contributed by atoms with van der Waals surface area (Å²) in [5.41, 5.74) is 0.352. The molecule has 3 rings (SSSR count). The summed E-state index contributed by atoms with van der Waals surface area (Å²) in [5, 5.41) is 4.27. The van der Waals surface area contributed by atoms with Gasteiger partial charge in [0.1, 0.15) is 21.4 Å². The van der Waals surface area contributed by atoms with Crippen molar-refractivity contribution in [1.29, 1.82) is 0 Å². The van der Waals surface area contributed by atoms with E-state index in [-0.39, 0.29) is 5.97 Å². The lowest BCUT2D eigenvalue weighted by molar-refractivity contribution is -0.141. The zero-order valence-electron chi connectivity index (χ0n) is 17.4. The molecular weight excluding hydrogens is 426 g/mol. The number of nitrogens with one attached hydrogen (secondary N) is 1. The van der Waals surface area contributed by atoms with Crippen molar-refractivity contribution in [3.63, 3.8) is 0 Å². The number of thiazole rings is 1. The molecular formula is C20H25N3O5S2. The van der Waals surface area contributed by atoms with Gasteiger partial charge in [0.05, 0.1) is 23.9 Å². The van der Waals surface area contributed by atoms with Gasteiger partial charge in [-0.2, -0.15) is 0 Å². The van der Waals surface area contributed by atoms with Gasteiger partial charge in [0.15, 0.2) is 6.04 Å². The Balaban J connectivity index is 1.52. The molecule has 0 aliphatic carbocycles. The fraction of sp³-hybridized carbons (Fsp3) is 0.500. The van der Waals surface area contributed by atoms with E-state index in [1.165, 1.54) is 30.2 Å². The summed E-state index contributed by atoms with van der Waals surface area (Å²) < 4.78 is 16.7. The first-order valence-electron chi connectivity index (χ1n) is 9.54. The molecule has 1 aromatic carbocycles. The van der Waals surface area contributed by atoms with E-state index < -0.39 is 17.7 Å². The third-order valence-electron chi connectivity index (χ3n) is 3.93. The Morgan fingerprint density at radius 3 is 2.83 bits per heavy atom. The average Bonchev–Trinajstić information content (AvgIpc) is 3.32. The first kappa shape index (κ1) is 22.4. The molecule has 8 nitrogen and oxygen atoms in total. The number of nitrogens with zero attached hydrogens (tertiary/aromatic N) is 2. The van der Waals surface area contributed by atoms with Gasteiger partial charge in [-0.1, -0.05) is 0 Å². The van der Waals surface area contributed by atoms with Crippen molar-refractivity contribution in [3.05, 3.63) is 23.2 Å². The zero-order valence-corrected chi connectivity index (χ0v) is 19.0. The average molecular weight is 452 g/mol. The van der Waals surface area contributed by atoms with Crippen LogP contribution in [0.2, 0.25) is 0 Å². The summed E-state index contributed by atoms with van der Waals surface area (Å²) in [6.07, 6.45) is 0.233. The molecule has 162 valence electrons. The van der Waals surface area contributed by atoms with E-state index in [9.17, 15) is 9.59 Å².